The lowest BCUT2D eigenvalue weighted by atomic mass is 9.83. The smallest absolute Gasteiger partial charge is 0.305 e. The van der Waals surface area contributed by atoms with Gasteiger partial charge in [-0.15, -0.1) is 0 Å². The van der Waals surface area contributed by atoms with Gasteiger partial charge in [-0.05, 0) is 46.4 Å². The van der Waals surface area contributed by atoms with Crippen LogP contribution in [0.5, 0.6) is 0 Å². The summed E-state index contributed by atoms with van der Waals surface area (Å²) in [7, 11) is 0. The van der Waals surface area contributed by atoms with Crippen LogP contribution in [-0.2, 0) is 10.2 Å². The molecular weight excluding hydrogens is 536 g/mol. The number of benzene rings is 3. The molecule has 222 valence electrons. The zero-order valence-electron chi connectivity index (χ0n) is 25.3. The van der Waals surface area contributed by atoms with Crippen LogP contribution in [0, 0.1) is 0 Å². The van der Waals surface area contributed by atoms with E-state index in [1.54, 1.807) is 0 Å². The lowest BCUT2D eigenvalue weighted by Crippen LogP contribution is -2.16. The number of aromatic nitrogens is 1. The van der Waals surface area contributed by atoms with Crippen LogP contribution in [0.4, 0.5) is 0 Å². The number of hydrogen-bond acceptors (Lipinski definition) is 5. The summed E-state index contributed by atoms with van der Waals surface area (Å²) in [5.41, 5.74) is 7.46. The first-order valence-corrected chi connectivity index (χ1v) is 15.1. The van der Waals surface area contributed by atoms with Crippen LogP contribution in [0.15, 0.2) is 83.9 Å². The molecule has 6 nitrogen and oxygen atoms in total. The van der Waals surface area contributed by atoms with Crippen molar-refractivity contribution in [1.82, 2.24) is 10.5 Å². The SMILES string of the molecule is C=C(NCCC(=O)O)c1ccc(-c2noc(C(=O)c3ccc(C(C)(C)C)cc3)c2-c2ccc(C3CCCCC3)cc2)cc1. The monoisotopic (exact) mass is 576 g/mol. The van der Waals surface area contributed by atoms with Crippen LogP contribution in [-0.4, -0.2) is 28.6 Å². The Balaban J connectivity index is 1.49. The Morgan fingerprint density at radius 2 is 1.49 bits per heavy atom. The van der Waals surface area contributed by atoms with Crippen molar-refractivity contribution in [3.05, 3.63) is 107 Å². The first kappa shape index (κ1) is 30.0. The van der Waals surface area contributed by atoms with Crippen molar-refractivity contribution in [3.63, 3.8) is 0 Å². The van der Waals surface area contributed by atoms with Crippen molar-refractivity contribution >= 4 is 17.4 Å². The van der Waals surface area contributed by atoms with E-state index in [1.807, 2.05) is 48.5 Å². The van der Waals surface area contributed by atoms with E-state index in [4.69, 9.17) is 9.63 Å². The number of rotatable bonds is 10. The van der Waals surface area contributed by atoms with Crippen LogP contribution in [0.3, 0.4) is 0 Å². The number of nitrogens with one attached hydrogen (secondary N) is 1. The molecule has 1 aromatic heterocycles. The fraction of sp³-hybridized carbons (Fsp3) is 0.324. The molecular formula is C37H40N2O4. The zero-order chi connectivity index (χ0) is 30.6. The first-order chi connectivity index (χ1) is 20.6. The molecule has 3 aromatic carbocycles. The molecule has 4 aromatic rings. The molecule has 0 unspecified atom stereocenters. The number of carbonyl (C=O) groups excluding carboxylic acids is 1. The Labute approximate surface area is 253 Å². The fourth-order valence-electron chi connectivity index (χ4n) is 5.77. The summed E-state index contributed by atoms with van der Waals surface area (Å²) in [6.07, 6.45) is 6.29. The largest absolute Gasteiger partial charge is 0.481 e. The van der Waals surface area contributed by atoms with Crippen molar-refractivity contribution in [3.8, 4) is 22.4 Å². The van der Waals surface area contributed by atoms with Gasteiger partial charge in [-0.25, -0.2) is 0 Å². The summed E-state index contributed by atoms with van der Waals surface area (Å²) in [5, 5.41) is 16.4. The van der Waals surface area contributed by atoms with Gasteiger partial charge in [0.05, 0.1) is 12.0 Å². The van der Waals surface area contributed by atoms with E-state index in [0.717, 1.165) is 22.3 Å². The minimum absolute atomic E-state index is 0.00861. The lowest BCUT2D eigenvalue weighted by Gasteiger charge is -2.22. The quantitative estimate of drug-likeness (QED) is 0.184. The summed E-state index contributed by atoms with van der Waals surface area (Å²) in [5.74, 6) is -0.278. The Morgan fingerprint density at radius 1 is 0.884 bits per heavy atom. The van der Waals surface area contributed by atoms with E-state index >= 15 is 0 Å². The second-order valence-electron chi connectivity index (χ2n) is 12.5. The van der Waals surface area contributed by atoms with E-state index in [1.165, 1.54) is 37.7 Å². The summed E-state index contributed by atoms with van der Waals surface area (Å²) in [6.45, 7) is 10.8. The van der Waals surface area contributed by atoms with E-state index in [2.05, 4.69) is 62.1 Å². The maximum absolute atomic E-state index is 13.9. The lowest BCUT2D eigenvalue weighted by molar-refractivity contribution is -0.136. The summed E-state index contributed by atoms with van der Waals surface area (Å²) >= 11 is 0. The topological polar surface area (TPSA) is 92.4 Å². The summed E-state index contributed by atoms with van der Waals surface area (Å²) in [4.78, 5) is 24.7. The molecule has 5 rings (SSSR count). The number of carbonyl (C=O) groups is 2. The van der Waals surface area contributed by atoms with Crippen LogP contribution in [0.25, 0.3) is 28.1 Å². The fourth-order valence-corrected chi connectivity index (χ4v) is 5.77. The molecule has 1 aliphatic carbocycles. The number of carboxylic acids is 1. The van der Waals surface area contributed by atoms with Gasteiger partial charge in [-0.3, -0.25) is 9.59 Å². The third-order valence-corrected chi connectivity index (χ3v) is 8.37. The van der Waals surface area contributed by atoms with Gasteiger partial charge in [-0.1, -0.05) is 125 Å². The Bertz CT molecular complexity index is 1580. The number of carboxylic acid groups (broad SMARTS) is 1. The third kappa shape index (κ3) is 6.96. The van der Waals surface area contributed by atoms with Gasteiger partial charge in [0.25, 0.3) is 0 Å². The molecule has 1 fully saturated rings. The average Bonchev–Trinajstić information content (AvgIpc) is 3.46. The van der Waals surface area contributed by atoms with Crippen LogP contribution >= 0.6 is 0 Å². The van der Waals surface area contributed by atoms with Crippen LogP contribution < -0.4 is 5.32 Å². The van der Waals surface area contributed by atoms with E-state index in [0.29, 0.717) is 35.0 Å². The molecule has 0 saturated heterocycles. The molecule has 0 amide bonds. The van der Waals surface area contributed by atoms with Crippen molar-refractivity contribution < 1.29 is 19.2 Å². The number of hydrogen-bond donors (Lipinski definition) is 2. The van der Waals surface area contributed by atoms with Gasteiger partial charge in [0, 0.05) is 23.4 Å². The Kier molecular flexibility index (Phi) is 8.95. The first-order valence-electron chi connectivity index (χ1n) is 15.1. The van der Waals surface area contributed by atoms with Gasteiger partial charge in [0.2, 0.25) is 11.5 Å². The average molecular weight is 577 g/mol. The van der Waals surface area contributed by atoms with Crippen LogP contribution in [0.1, 0.15) is 98.0 Å². The molecule has 0 bridgehead atoms. The van der Waals surface area contributed by atoms with Crippen molar-refractivity contribution in [2.75, 3.05) is 6.54 Å². The molecule has 1 saturated carbocycles. The van der Waals surface area contributed by atoms with Crippen molar-refractivity contribution in [2.24, 2.45) is 0 Å². The minimum Gasteiger partial charge on any atom is -0.481 e. The van der Waals surface area contributed by atoms with E-state index < -0.39 is 5.97 Å². The van der Waals surface area contributed by atoms with E-state index in [-0.39, 0.29) is 23.4 Å². The molecule has 43 heavy (non-hydrogen) atoms. The van der Waals surface area contributed by atoms with Gasteiger partial charge >= 0.3 is 5.97 Å². The molecule has 0 aliphatic heterocycles. The molecule has 2 N–H and O–H groups in total. The molecule has 0 spiro atoms. The summed E-state index contributed by atoms with van der Waals surface area (Å²) in [6, 6.07) is 23.9. The second-order valence-corrected chi connectivity index (χ2v) is 12.5. The third-order valence-electron chi connectivity index (χ3n) is 8.37. The maximum Gasteiger partial charge on any atom is 0.305 e. The predicted molar refractivity (Wildman–Crippen MR) is 171 cm³/mol. The Hall–Kier alpha value is -4.45. The standard InChI is InChI=1S/C37H40N2O4/c1-24(38-23-22-32(40)41)25-10-16-29(17-11-25)34-33(28-14-12-27(13-15-28)26-8-6-5-7-9-26)36(43-39-34)35(42)30-18-20-31(21-19-30)37(2,3)4/h10-21,26,38H,1,5-9,22-23H2,2-4H3,(H,40,41). The molecule has 1 heterocycles. The van der Waals surface area contributed by atoms with Gasteiger partial charge in [0.1, 0.15) is 5.69 Å². The van der Waals surface area contributed by atoms with Gasteiger partial charge < -0.3 is 14.9 Å². The number of aliphatic carboxylic acids is 1. The van der Waals surface area contributed by atoms with Crippen molar-refractivity contribution in [2.45, 2.75) is 70.6 Å². The number of ketones is 1. The zero-order valence-corrected chi connectivity index (χ0v) is 25.3. The molecule has 1 aliphatic rings. The highest BCUT2D eigenvalue weighted by Gasteiger charge is 2.27. The highest BCUT2D eigenvalue weighted by atomic mass is 16.5. The Morgan fingerprint density at radius 3 is 2.09 bits per heavy atom. The van der Waals surface area contributed by atoms with Gasteiger partial charge in [-0.2, -0.15) is 0 Å². The maximum atomic E-state index is 13.9. The predicted octanol–water partition coefficient (Wildman–Crippen LogP) is 8.62. The van der Waals surface area contributed by atoms with Crippen LogP contribution in [0.2, 0.25) is 0 Å². The normalized spacial score (nSPS) is 13.9. The highest BCUT2D eigenvalue weighted by Crippen LogP contribution is 2.38. The van der Waals surface area contributed by atoms with E-state index in [9.17, 15) is 9.59 Å². The molecule has 0 atom stereocenters. The molecule has 6 heteroatoms. The highest BCUT2D eigenvalue weighted by molar-refractivity contribution is 6.12. The van der Waals surface area contributed by atoms with Crippen molar-refractivity contribution in [1.29, 1.82) is 0 Å². The van der Waals surface area contributed by atoms with Gasteiger partial charge in [0.15, 0.2) is 0 Å². The second kappa shape index (κ2) is 12.8. The summed E-state index contributed by atoms with van der Waals surface area (Å²) < 4.78 is 5.83. The minimum atomic E-state index is -0.864. The number of nitrogens with zero attached hydrogens (tertiary/aromatic N) is 1. The molecule has 0 radical (unpaired) electrons.